The van der Waals surface area contributed by atoms with Crippen LogP contribution in [0.1, 0.15) is 51.3 Å². The van der Waals surface area contributed by atoms with Crippen LogP contribution in [0.4, 0.5) is 0 Å². The van der Waals surface area contributed by atoms with Crippen molar-refractivity contribution in [2.45, 2.75) is 57.9 Å². The molecule has 2 rings (SSSR count). The fourth-order valence-corrected chi connectivity index (χ4v) is 3.29. The van der Waals surface area contributed by atoms with Crippen molar-refractivity contribution in [3.05, 3.63) is 18.2 Å². The third-order valence-electron chi connectivity index (χ3n) is 4.69. The Morgan fingerprint density at radius 3 is 2.71 bits per heavy atom. The quantitative estimate of drug-likeness (QED) is 0.852. The van der Waals surface area contributed by atoms with Crippen molar-refractivity contribution >= 4 is 0 Å². The van der Waals surface area contributed by atoms with Gasteiger partial charge in [0.25, 0.3) is 0 Å². The van der Waals surface area contributed by atoms with Crippen LogP contribution in [0.3, 0.4) is 0 Å². The third-order valence-corrected chi connectivity index (χ3v) is 4.69. The van der Waals surface area contributed by atoms with E-state index in [1.165, 1.54) is 32.1 Å². The van der Waals surface area contributed by atoms with Gasteiger partial charge < -0.3 is 10.3 Å². The maximum absolute atomic E-state index is 6.45. The van der Waals surface area contributed by atoms with E-state index in [-0.39, 0.29) is 0 Å². The first kappa shape index (κ1) is 12.6. The van der Waals surface area contributed by atoms with Crippen LogP contribution in [0.25, 0.3) is 0 Å². The molecule has 3 heteroatoms. The lowest BCUT2D eigenvalue weighted by atomic mass is 9.75. The standard InChI is InChI=1S/C14H25N3/c1-3-14(8-4-5-9-14)12(15)6-7-13-16-10-11-17(13)2/h10-12H,3-9,15H2,1-2H3. The molecule has 1 fully saturated rings. The average molecular weight is 235 g/mol. The lowest BCUT2D eigenvalue weighted by Crippen LogP contribution is -2.39. The highest BCUT2D eigenvalue weighted by atomic mass is 15.0. The smallest absolute Gasteiger partial charge is 0.108 e. The van der Waals surface area contributed by atoms with E-state index in [1.807, 2.05) is 12.4 Å². The molecule has 0 amide bonds. The maximum atomic E-state index is 6.45. The molecule has 0 aromatic carbocycles. The molecule has 1 aromatic rings. The van der Waals surface area contributed by atoms with Gasteiger partial charge >= 0.3 is 0 Å². The zero-order valence-corrected chi connectivity index (χ0v) is 11.2. The second kappa shape index (κ2) is 5.21. The Balaban J connectivity index is 1.92. The van der Waals surface area contributed by atoms with Gasteiger partial charge in [-0.25, -0.2) is 4.98 Å². The molecule has 1 heterocycles. The molecule has 3 nitrogen and oxygen atoms in total. The van der Waals surface area contributed by atoms with Crippen molar-refractivity contribution in [3.8, 4) is 0 Å². The van der Waals surface area contributed by atoms with Gasteiger partial charge in [-0.2, -0.15) is 0 Å². The predicted octanol–water partition coefficient (Wildman–Crippen LogP) is 2.65. The summed E-state index contributed by atoms with van der Waals surface area (Å²) in [6.45, 7) is 2.30. The normalized spacial score (nSPS) is 20.6. The van der Waals surface area contributed by atoms with Crippen LogP contribution in [0.2, 0.25) is 0 Å². The molecule has 0 saturated heterocycles. The van der Waals surface area contributed by atoms with Crippen LogP contribution < -0.4 is 5.73 Å². The van der Waals surface area contributed by atoms with E-state index in [0.717, 1.165) is 18.7 Å². The summed E-state index contributed by atoms with van der Waals surface area (Å²) in [5.74, 6) is 1.16. The van der Waals surface area contributed by atoms with Crippen molar-refractivity contribution in [1.82, 2.24) is 9.55 Å². The van der Waals surface area contributed by atoms with Crippen molar-refractivity contribution in [2.75, 3.05) is 0 Å². The third kappa shape index (κ3) is 2.54. The molecule has 1 unspecified atom stereocenters. The molecule has 1 saturated carbocycles. The summed E-state index contributed by atoms with van der Waals surface area (Å²) in [4.78, 5) is 4.37. The Morgan fingerprint density at radius 1 is 1.47 bits per heavy atom. The van der Waals surface area contributed by atoms with E-state index in [2.05, 4.69) is 23.5 Å². The Morgan fingerprint density at radius 2 is 2.18 bits per heavy atom. The summed E-state index contributed by atoms with van der Waals surface area (Å²) in [5.41, 5.74) is 6.88. The van der Waals surface area contributed by atoms with Gasteiger partial charge in [-0.3, -0.25) is 0 Å². The lowest BCUT2D eigenvalue weighted by molar-refractivity contribution is 0.210. The number of hydrogen-bond donors (Lipinski definition) is 1. The van der Waals surface area contributed by atoms with Crippen LogP contribution in [0.5, 0.6) is 0 Å². The largest absolute Gasteiger partial charge is 0.338 e. The highest BCUT2D eigenvalue weighted by molar-refractivity contribution is 4.96. The molecule has 1 aliphatic carbocycles. The Labute approximate surface area is 104 Å². The van der Waals surface area contributed by atoms with Crippen molar-refractivity contribution in [3.63, 3.8) is 0 Å². The topological polar surface area (TPSA) is 43.8 Å². The molecule has 0 aliphatic heterocycles. The summed E-state index contributed by atoms with van der Waals surface area (Å²) in [7, 11) is 2.05. The van der Waals surface area contributed by atoms with E-state index in [1.54, 1.807) is 0 Å². The number of imidazole rings is 1. The second-order valence-electron chi connectivity index (χ2n) is 5.52. The van der Waals surface area contributed by atoms with E-state index in [9.17, 15) is 0 Å². The molecule has 0 bridgehead atoms. The molecular formula is C14H25N3. The molecule has 1 atom stereocenters. The first-order valence-corrected chi connectivity index (χ1v) is 6.90. The van der Waals surface area contributed by atoms with Crippen LogP contribution >= 0.6 is 0 Å². The average Bonchev–Trinajstić information content (AvgIpc) is 2.95. The first-order valence-electron chi connectivity index (χ1n) is 6.90. The fourth-order valence-electron chi connectivity index (χ4n) is 3.29. The van der Waals surface area contributed by atoms with Crippen LogP contribution in [0, 0.1) is 5.41 Å². The minimum absolute atomic E-state index is 0.340. The minimum atomic E-state index is 0.340. The zero-order chi connectivity index (χ0) is 12.3. The first-order chi connectivity index (χ1) is 8.18. The fraction of sp³-hybridized carbons (Fsp3) is 0.786. The molecule has 1 aromatic heterocycles. The van der Waals surface area contributed by atoms with E-state index >= 15 is 0 Å². The van der Waals surface area contributed by atoms with Gasteiger partial charge in [0.05, 0.1) is 0 Å². The summed E-state index contributed by atoms with van der Waals surface area (Å²) >= 11 is 0. The number of nitrogens with two attached hydrogens (primary N) is 1. The van der Waals surface area contributed by atoms with Gasteiger partial charge in [-0.15, -0.1) is 0 Å². The number of hydrogen-bond acceptors (Lipinski definition) is 2. The van der Waals surface area contributed by atoms with Crippen molar-refractivity contribution < 1.29 is 0 Å². The molecule has 17 heavy (non-hydrogen) atoms. The minimum Gasteiger partial charge on any atom is -0.338 e. The maximum Gasteiger partial charge on any atom is 0.108 e. The van der Waals surface area contributed by atoms with Gasteiger partial charge in [-0.05, 0) is 31.1 Å². The van der Waals surface area contributed by atoms with Gasteiger partial charge in [-0.1, -0.05) is 19.8 Å². The van der Waals surface area contributed by atoms with Crippen molar-refractivity contribution in [2.24, 2.45) is 18.2 Å². The van der Waals surface area contributed by atoms with E-state index < -0.39 is 0 Å². The number of aromatic nitrogens is 2. The van der Waals surface area contributed by atoms with Crippen molar-refractivity contribution in [1.29, 1.82) is 0 Å². The van der Waals surface area contributed by atoms with Crippen LogP contribution in [0.15, 0.2) is 12.4 Å². The zero-order valence-electron chi connectivity index (χ0n) is 11.2. The van der Waals surface area contributed by atoms with Gasteiger partial charge in [0.15, 0.2) is 0 Å². The molecule has 0 radical (unpaired) electrons. The van der Waals surface area contributed by atoms with Gasteiger partial charge in [0.1, 0.15) is 5.82 Å². The highest BCUT2D eigenvalue weighted by Gasteiger charge is 2.37. The van der Waals surface area contributed by atoms with Gasteiger partial charge in [0, 0.05) is 31.9 Å². The molecule has 1 aliphatic rings. The Bertz CT molecular complexity index is 350. The van der Waals surface area contributed by atoms with Crippen LogP contribution in [-0.2, 0) is 13.5 Å². The van der Waals surface area contributed by atoms with Crippen LogP contribution in [-0.4, -0.2) is 15.6 Å². The lowest BCUT2D eigenvalue weighted by Gasteiger charge is -2.34. The second-order valence-corrected chi connectivity index (χ2v) is 5.52. The monoisotopic (exact) mass is 235 g/mol. The Hall–Kier alpha value is -0.830. The molecule has 2 N–H and O–H groups in total. The van der Waals surface area contributed by atoms with E-state index in [0.29, 0.717) is 11.5 Å². The predicted molar refractivity (Wildman–Crippen MR) is 70.7 cm³/mol. The number of aryl methyl sites for hydroxylation is 2. The molecular weight excluding hydrogens is 210 g/mol. The summed E-state index contributed by atoms with van der Waals surface area (Å²) in [6.07, 6.45) is 12.6. The highest BCUT2D eigenvalue weighted by Crippen LogP contribution is 2.44. The number of nitrogens with zero attached hydrogens (tertiary/aromatic N) is 2. The summed E-state index contributed by atoms with van der Waals surface area (Å²) in [6, 6.07) is 0.340. The van der Waals surface area contributed by atoms with E-state index in [4.69, 9.17) is 5.73 Å². The SMILES string of the molecule is CCC1(C(N)CCc2nccn2C)CCCC1. The molecule has 0 spiro atoms. The van der Waals surface area contributed by atoms with Gasteiger partial charge in [0.2, 0.25) is 0 Å². The number of rotatable bonds is 5. The Kier molecular flexibility index (Phi) is 3.87. The summed E-state index contributed by atoms with van der Waals surface area (Å²) < 4.78 is 2.10. The molecule has 96 valence electrons. The summed E-state index contributed by atoms with van der Waals surface area (Å²) in [5, 5.41) is 0.